The van der Waals surface area contributed by atoms with Crippen LogP contribution in [0.3, 0.4) is 0 Å². The predicted octanol–water partition coefficient (Wildman–Crippen LogP) is 2.56. The Bertz CT molecular complexity index is 347. The highest BCUT2D eigenvalue weighted by atomic mass is 16.5. The lowest BCUT2D eigenvalue weighted by atomic mass is 9.60. The molecule has 0 aromatic carbocycles. The highest BCUT2D eigenvalue weighted by Gasteiger charge is 2.49. The number of hydrogen-bond donors (Lipinski definition) is 0. The number of ether oxygens (including phenoxy) is 2. The largest absolute Gasteiger partial charge is 0.465 e. The highest BCUT2D eigenvalue weighted by molar-refractivity contribution is 5.65. The van der Waals surface area contributed by atoms with Crippen molar-refractivity contribution in [2.24, 2.45) is 17.3 Å². The number of carbonyl (C=O) groups is 1. The fraction of sp³-hybridized carbons (Fsp3) is 0.786. The third-order valence-corrected chi connectivity index (χ3v) is 4.56. The van der Waals surface area contributed by atoms with Crippen LogP contribution in [0.5, 0.6) is 0 Å². The lowest BCUT2D eigenvalue weighted by Crippen LogP contribution is -2.52. The molecule has 0 N–H and O–H groups in total. The molecule has 0 spiro atoms. The smallest absolute Gasteiger partial charge is 0.302 e. The molecule has 2 bridgehead atoms. The molecule has 1 saturated heterocycles. The first-order valence-electron chi connectivity index (χ1n) is 6.38. The van der Waals surface area contributed by atoms with Crippen molar-refractivity contribution in [1.82, 2.24) is 0 Å². The van der Waals surface area contributed by atoms with Gasteiger partial charge in [0, 0.05) is 18.3 Å². The van der Waals surface area contributed by atoms with E-state index in [2.05, 4.69) is 26.8 Å². The van der Waals surface area contributed by atoms with E-state index in [1.54, 1.807) is 0 Å². The number of allylic oxidation sites excluding steroid dienone is 1. The molecule has 0 aromatic heterocycles. The Labute approximate surface area is 103 Å². The second-order valence-corrected chi connectivity index (χ2v) is 5.63. The van der Waals surface area contributed by atoms with E-state index < -0.39 is 0 Å². The van der Waals surface area contributed by atoms with Crippen molar-refractivity contribution in [2.45, 2.75) is 40.2 Å². The molecule has 2 aliphatic rings. The minimum atomic E-state index is -0.201. The van der Waals surface area contributed by atoms with Crippen LogP contribution in [0, 0.1) is 17.3 Å². The van der Waals surface area contributed by atoms with E-state index in [1.165, 1.54) is 12.5 Å². The van der Waals surface area contributed by atoms with Gasteiger partial charge in [-0.05, 0) is 26.2 Å². The molecule has 1 aliphatic heterocycles. The van der Waals surface area contributed by atoms with Crippen LogP contribution in [0.1, 0.15) is 34.1 Å². The van der Waals surface area contributed by atoms with Gasteiger partial charge in [0.05, 0.1) is 19.3 Å². The van der Waals surface area contributed by atoms with Crippen molar-refractivity contribution in [2.75, 3.05) is 13.2 Å². The summed E-state index contributed by atoms with van der Waals surface area (Å²) in [7, 11) is 0. The topological polar surface area (TPSA) is 35.5 Å². The van der Waals surface area contributed by atoms with E-state index in [1.807, 2.05) is 0 Å². The summed E-state index contributed by atoms with van der Waals surface area (Å²) >= 11 is 0. The molecule has 0 amide bonds. The van der Waals surface area contributed by atoms with Crippen molar-refractivity contribution in [3.05, 3.63) is 11.6 Å². The van der Waals surface area contributed by atoms with Crippen LogP contribution in [0.15, 0.2) is 11.6 Å². The van der Waals surface area contributed by atoms with E-state index in [0.29, 0.717) is 25.0 Å². The van der Waals surface area contributed by atoms with E-state index in [0.717, 1.165) is 6.42 Å². The van der Waals surface area contributed by atoms with Gasteiger partial charge in [0.2, 0.25) is 0 Å². The number of rotatable bonds is 2. The molecule has 3 heteroatoms. The molecule has 0 aromatic rings. The van der Waals surface area contributed by atoms with Gasteiger partial charge >= 0.3 is 5.97 Å². The molecule has 0 unspecified atom stereocenters. The Morgan fingerprint density at radius 1 is 1.59 bits per heavy atom. The summed E-state index contributed by atoms with van der Waals surface area (Å²) in [5.41, 5.74) is 1.41. The minimum Gasteiger partial charge on any atom is -0.465 e. The SMILES string of the molecule is CC(=O)OC[C@@]12CC=C(C)[C@@H]([C@H]1C)[C@@H](C)OC2. The number of hydrogen-bond acceptors (Lipinski definition) is 3. The number of esters is 1. The van der Waals surface area contributed by atoms with Gasteiger partial charge < -0.3 is 9.47 Å². The van der Waals surface area contributed by atoms with Crippen LogP contribution in [-0.2, 0) is 14.3 Å². The summed E-state index contributed by atoms with van der Waals surface area (Å²) < 4.78 is 11.1. The second kappa shape index (κ2) is 4.45. The van der Waals surface area contributed by atoms with Crippen molar-refractivity contribution < 1.29 is 14.3 Å². The predicted molar refractivity (Wildman–Crippen MR) is 65.5 cm³/mol. The maximum Gasteiger partial charge on any atom is 0.302 e. The van der Waals surface area contributed by atoms with Gasteiger partial charge in [-0.3, -0.25) is 4.79 Å². The summed E-state index contributed by atoms with van der Waals surface area (Å²) in [6, 6.07) is 0. The zero-order valence-corrected chi connectivity index (χ0v) is 11.2. The average molecular weight is 238 g/mol. The Kier molecular flexibility index (Phi) is 3.30. The quantitative estimate of drug-likeness (QED) is 0.548. The lowest BCUT2D eigenvalue weighted by molar-refractivity contribution is -0.165. The molecule has 3 nitrogen and oxygen atoms in total. The Balaban J connectivity index is 2.21. The molecule has 0 saturated carbocycles. The van der Waals surface area contributed by atoms with Gasteiger partial charge in [0.25, 0.3) is 0 Å². The first-order valence-corrected chi connectivity index (χ1v) is 6.38. The second-order valence-electron chi connectivity index (χ2n) is 5.63. The summed E-state index contributed by atoms with van der Waals surface area (Å²) in [4.78, 5) is 11.0. The normalized spacial score (nSPS) is 40.7. The van der Waals surface area contributed by atoms with Crippen LogP contribution in [0.4, 0.5) is 0 Å². The van der Waals surface area contributed by atoms with Gasteiger partial charge in [0.1, 0.15) is 0 Å². The molecule has 2 rings (SSSR count). The Morgan fingerprint density at radius 3 is 2.94 bits per heavy atom. The van der Waals surface area contributed by atoms with Crippen molar-refractivity contribution >= 4 is 5.97 Å². The third-order valence-electron chi connectivity index (χ3n) is 4.56. The van der Waals surface area contributed by atoms with Crippen LogP contribution in [0.25, 0.3) is 0 Å². The monoisotopic (exact) mass is 238 g/mol. The Hall–Kier alpha value is -0.830. The van der Waals surface area contributed by atoms with Crippen molar-refractivity contribution in [3.63, 3.8) is 0 Å². The molecule has 1 fully saturated rings. The minimum absolute atomic E-state index is 0.0116. The zero-order valence-electron chi connectivity index (χ0n) is 11.2. The Morgan fingerprint density at radius 2 is 2.29 bits per heavy atom. The van der Waals surface area contributed by atoms with E-state index in [-0.39, 0.29) is 17.5 Å². The summed E-state index contributed by atoms with van der Waals surface area (Å²) in [5, 5.41) is 0. The number of carbonyl (C=O) groups excluding carboxylic acids is 1. The molecule has 96 valence electrons. The van der Waals surface area contributed by atoms with Crippen molar-refractivity contribution in [1.29, 1.82) is 0 Å². The van der Waals surface area contributed by atoms with Crippen LogP contribution < -0.4 is 0 Å². The summed E-state index contributed by atoms with van der Waals surface area (Å²) in [5.74, 6) is 0.775. The molecule has 0 radical (unpaired) electrons. The molecule has 1 aliphatic carbocycles. The molecule has 4 atom stereocenters. The fourth-order valence-electron chi connectivity index (χ4n) is 3.31. The summed E-state index contributed by atoms with van der Waals surface area (Å²) in [6.07, 6.45) is 3.52. The summed E-state index contributed by atoms with van der Waals surface area (Å²) in [6.45, 7) is 9.24. The maximum atomic E-state index is 11.0. The van der Waals surface area contributed by atoms with Gasteiger partial charge in [-0.25, -0.2) is 0 Å². The van der Waals surface area contributed by atoms with Gasteiger partial charge in [-0.15, -0.1) is 0 Å². The molecular formula is C14H22O3. The maximum absolute atomic E-state index is 11.0. The van der Waals surface area contributed by atoms with Gasteiger partial charge in [-0.2, -0.15) is 0 Å². The lowest BCUT2D eigenvalue weighted by Gasteiger charge is -2.51. The highest BCUT2D eigenvalue weighted by Crippen LogP contribution is 2.49. The third kappa shape index (κ3) is 2.13. The molecule has 1 heterocycles. The molecule has 17 heavy (non-hydrogen) atoms. The van der Waals surface area contributed by atoms with Crippen LogP contribution in [0.2, 0.25) is 0 Å². The molecular weight excluding hydrogens is 216 g/mol. The van der Waals surface area contributed by atoms with Crippen molar-refractivity contribution in [3.8, 4) is 0 Å². The first-order chi connectivity index (χ1) is 7.96. The zero-order chi connectivity index (χ0) is 12.6. The van der Waals surface area contributed by atoms with E-state index in [9.17, 15) is 4.79 Å². The van der Waals surface area contributed by atoms with Gasteiger partial charge in [0.15, 0.2) is 0 Å². The fourth-order valence-corrected chi connectivity index (χ4v) is 3.31. The van der Waals surface area contributed by atoms with E-state index in [4.69, 9.17) is 9.47 Å². The van der Waals surface area contributed by atoms with Gasteiger partial charge in [-0.1, -0.05) is 18.6 Å². The van der Waals surface area contributed by atoms with Crippen LogP contribution in [-0.4, -0.2) is 25.3 Å². The number of fused-ring (bicyclic) bond motifs is 2. The standard InChI is InChI=1S/C14H22O3/c1-9-5-6-14(8-17-12(4)15)7-16-11(3)13(9)10(14)2/h5,10-11,13H,6-8H2,1-4H3/t10-,11-,13+,14+/m1/s1. The first kappa shape index (κ1) is 12.6. The van der Waals surface area contributed by atoms with E-state index >= 15 is 0 Å². The van der Waals surface area contributed by atoms with Crippen LogP contribution >= 0.6 is 0 Å². The average Bonchev–Trinajstić information content (AvgIpc) is 2.26.